The summed E-state index contributed by atoms with van der Waals surface area (Å²) in [6.07, 6.45) is 8.35. The van der Waals surface area contributed by atoms with Crippen molar-refractivity contribution in [1.29, 1.82) is 0 Å². The molecule has 2 rings (SSSR count). The summed E-state index contributed by atoms with van der Waals surface area (Å²) in [4.78, 5) is 25.3. The minimum absolute atomic E-state index is 0.0914. The Bertz CT molecular complexity index is 614. The highest BCUT2D eigenvalue weighted by atomic mass is 32.1. The van der Waals surface area contributed by atoms with Gasteiger partial charge in [0.25, 0.3) is 0 Å². The van der Waals surface area contributed by atoms with E-state index >= 15 is 0 Å². The number of carbonyl (C=O) groups excluding carboxylic acids is 2. The normalized spacial score (nSPS) is 11.2. The average molecular weight is 361 g/mol. The molecule has 0 aliphatic carbocycles. The number of thiophene rings is 2. The second-order valence-electron chi connectivity index (χ2n) is 4.99. The van der Waals surface area contributed by atoms with Crippen LogP contribution >= 0.6 is 22.7 Å². The molecular weight excluding hydrogens is 340 g/mol. The molecule has 2 heterocycles. The highest BCUT2D eigenvalue weighted by Gasteiger charge is 1.97. The molecule has 2 amide bonds. The van der Waals surface area contributed by atoms with Crippen LogP contribution in [0, 0.1) is 0 Å². The zero-order chi connectivity index (χ0) is 17.0. The summed E-state index contributed by atoms with van der Waals surface area (Å²) in [6.45, 7) is 1.21. The smallest absolute Gasteiger partial charge is 0.244 e. The van der Waals surface area contributed by atoms with E-state index in [-0.39, 0.29) is 11.8 Å². The Morgan fingerprint density at radius 2 is 1.29 bits per heavy atom. The molecule has 4 nitrogen and oxygen atoms in total. The Morgan fingerprint density at radius 1 is 0.833 bits per heavy atom. The van der Waals surface area contributed by atoms with Crippen molar-refractivity contribution in [1.82, 2.24) is 10.6 Å². The van der Waals surface area contributed by atoms with Gasteiger partial charge in [-0.15, -0.1) is 22.7 Å². The molecule has 0 atom stereocenters. The first-order valence-corrected chi connectivity index (χ1v) is 9.49. The molecule has 0 radical (unpaired) electrons. The zero-order valence-electron chi connectivity index (χ0n) is 13.2. The first kappa shape index (κ1) is 18.2. The minimum atomic E-state index is -0.0914. The quantitative estimate of drug-likeness (QED) is 0.531. The Balaban J connectivity index is 1.50. The molecule has 0 unspecified atom stereocenters. The van der Waals surface area contributed by atoms with E-state index in [1.54, 1.807) is 47.0 Å². The van der Waals surface area contributed by atoms with Crippen LogP contribution in [0.4, 0.5) is 0 Å². The number of amides is 2. The van der Waals surface area contributed by atoms with Crippen molar-refractivity contribution < 1.29 is 9.59 Å². The molecule has 0 saturated heterocycles. The number of hydrogen-bond acceptors (Lipinski definition) is 4. The summed E-state index contributed by atoms with van der Waals surface area (Å²) in [7, 11) is 0. The molecular formula is C18H20N2O2S2. The minimum Gasteiger partial charge on any atom is -0.353 e. The van der Waals surface area contributed by atoms with E-state index in [2.05, 4.69) is 10.6 Å². The van der Waals surface area contributed by atoms with Gasteiger partial charge in [0.05, 0.1) is 0 Å². The van der Waals surface area contributed by atoms with Gasteiger partial charge in [-0.05, 0) is 47.9 Å². The number of nitrogens with one attached hydrogen (secondary N) is 2. The number of unbranched alkanes of at least 4 members (excludes halogenated alkanes) is 1. The second-order valence-corrected chi connectivity index (χ2v) is 6.95. The van der Waals surface area contributed by atoms with Crippen molar-refractivity contribution in [3.05, 3.63) is 56.9 Å². The van der Waals surface area contributed by atoms with Crippen molar-refractivity contribution in [2.75, 3.05) is 13.1 Å². The van der Waals surface area contributed by atoms with Crippen molar-refractivity contribution in [3.63, 3.8) is 0 Å². The van der Waals surface area contributed by atoms with E-state index in [1.165, 1.54) is 0 Å². The zero-order valence-corrected chi connectivity index (χ0v) is 14.9. The van der Waals surface area contributed by atoms with E-state index in [4.69, 9.17) is 0 Å². The van der Waals surface area contributed by atoms with Gasteiger partial charge in [-0.3, -0.25) is 9.59 Å². The Kier molecular flexibility index (Phi) is 8.00. The van der Waals surface area contributed by atoms with Crippen LogP contribution in [0.5, 0.6) is 0 Å². The van der Waals surface area contributed by atoms with Gasteiger partial charge in [-0.1, -0.05) is 12.1 Å². The van der Waals surface area contributed by atoms with Crippen LogP contribution in [0.1, 0.15) is 22.6 Å². The average Bonchev–Trinajstić information content (AvgIpc) is 3.27. The fraction of sp³-hybridized carbons (Fsp3) is 0.222. The Hall–Kier alpha value is -2.18. The van der Waals surface area contributed by atoms with Crippen LogP contribution in [0.3, 0.4) is 0 Å². The Morgan fingerprint density at radius 3 is 1.67 bits per heavy atom. The molecule has 6 heteroatoms. The lowest BCUT2D eigenvalue weighted by atomic mass is 10.3. The highest BCUT2D eigenvalue weighted by molar-refractivity contribution is 7.11. The lowest BCUT2D eigenvalue weighted by Crippen LogP contribution is -2.25. The van der Waals surface area contributed by atoms with E-state index in [1.807, 2.05) is 35.0 Å². The third kappa shape index (κ3) is 7.39. The first-order valence-electron chi connectivity index (χ1n) is 7.73. The summed E-state index contributed by atoms with van der Waals surface area (Å²) in [6, 6.07) is 7.83. The number of rotatable bonds is 9. The van der Waals surface area contributed by atoms with Crippen LogP contribution in [0.25, 0.3) is 12.2 Å². The monoisotopic (exact) mass is 360 g/mol. The van der Waals surface area contributed by atoms with Gasteiger partial charge in [0.1, 0.15) is 0 Å². The van der Waals surface area contributed by atoms with Crippen LogP contribution in [-0.4, -0.2) is 24.9 Å². The SMILES string of the molecule is O=C(/C=C/c1cccs1)NCCCCNC(=O)/C=C/c1cccs1. The molecule has 0 spiro atoms. The second kappa shape index (κ2) is 10.6. The predicted octanol–water partition coefficient (Wildman–Crippen LogP) is 3.55. The fourth-order valence-corrected chi connectivity index (χ4v) is 3.11. The Labute approximate surface area is 149 Å². The van der Waals surface area contributed by atoms with Crippen molar-refractivity contribution >= 4 is 46.6 Å². The van der Waals surface area contributed by atoms with Crippen LogP contribution in [-0.2, 0) is 9.59 Å². The van der Waals surface area contributed by atoms with E-state index < -0.39 is 0 Å². The maximum absolute atomic E-state index is 11.6. The van der Waals surface area contributed by atoms with Crippen molar-refractivity contribution in [2.45, 2.75) is 12.8 Å². The fourth-order valence-electron chi connectivity index (χ4n) is 1.88. The van der Waals surface area contributed by atoms with Gasteiger partial charge in [0, 0.05) is 35.0 Å². The molecule has 0 aromatic carbocycles. The summed E-state index contributed by atoms with van der Waals surface area (Å²) >= 11 is 3.19. The highest BCUT2D eigenvalue weighted by Crippen LogP contribution is 2.10. The molecule has 2 aromatic rings. The number of hydrogen-bond donors (Lipinski definition) is 2. The van der Waals surface area contributed by atoms with Gasteiger partial charge < -0.3 is 10.6 Å². The molecule has 0 bridgehead atoms. The van der Waals surface area contributed by atoms with Gasteiger partial charge in [0.15, 0.2) is 0 Å². The molecule has 2 aromatic heterocycles. The largest absolute Gasteiger partial charge is 0.353 e. The standard InChI is InChI=1S/C18H20N2O2S2/c21-17(9-7-15-5-3-13-23-15)19-11-1-2-12-20-18(22)10-8-16-6-4-14-24-16/h3-10,13-14H,1-2,11-12H2,(H,19,21)(H,20,22)/b9-7+,10-8+. The first-order chi connectivity index (χ1) is 11.7. The van der Waals surface area contributed by atoms with E-state index in [0.717, 1.165) is 22.6 Å². The van der Waals surface area contributed by atoms with Gasteiger partial charge >= 0.3 is 0 Å². The predicted molar refractivity (Wildman–Crippen MR) is 102 cm³/mol. The molecule has 126 valence electrons. The van der Waals surface area contributed by atoms with Gasteiger partial charge in [-0.2, -0.15) is 0 Å². The molecule has 0 fully saturated rings. The molecule has 2 N–H and O–H groups in total. The van der Waals surface area contributed by atoms with E-state index in [0.29, 0.717) is 13.1 Å². The van der Waals surface area contributed by atoms with Gasteiger partial charge in [0.2, 0.25) is 11.8 Å². The van der Waals surface area contributed by atoms with Crippen LogP contribution < -0.4 is 10.6 Å². The summed E-state index contributed by atoms with van der Waals surface area (Å²) in [5.74, 6) is -0.183. The lowest BCUT2D eigenvalue weighted by Gasteiger charge is -2.03. The number of carbonyl (C=O) groups is 2. The maximum Gasteiger partial charge on any atom is 0.244 e. The van der Waals surface area contributed by atoms with Crippen molar-refractivity contribution in [2.24, 2.45) is 0 Å². The third-order valence-electron chi connectivity index (χ3n) is 3.09. The lowest BCUT2D eigenvalue weighted by molar-refractivity contribution is -0.117. The summed E-state index contributed by atoms with van der Waals surface area (Å²) in [5.41, 5.74) is 0. The summed E-state index contributed by atoms with van der Waals surface area (Å²) in [5, 5.41) is 9.61. The van der Waals surface area contributed by atoms with Gasteiger partial charge in [-0.25, -0.2) is 0 Å². The third-order valence-corrected chi connectivity index (χ3v) is 4.76. The molecule has 0 aliphatic rings. The summed E-state index contributed by atoms with van der Waals surface area (Å²) < 4.78 is 0. The molecule has 0 aliphatic heterocycles. The van der Waals surface area contributed by atoms with Crippen molar-refractivity contribution in [3.8, 4) is 0 Å². The van der Waals surface area contributed by atoms with E-state index in [9.17, 15) is 9.59 Å². The maximum atomic E-state index is 11.6. The topological polar surface area (TPSA) is 58.2 Å². The van der Waals surface area contributed by atoms with Crippen LogP contribution in [0.15, 0.2) is 47.2 Å². The van der Waals surface area contributed by atoms with Crippen LogP contribution in [0.2, 0.25) is 0 Å². The molecule has 0 saturated carbocycles. The molecule has 24 heavy (non-hydrogen) atoms.